The van der Waals surface area contributed by atoms with Crippen LogP contribution in [0.2, 0.25) is 0 Å². The second-order valence-corrected chi connectivity index (χ2v) is 10.1. The summed E-state index contributed by atoms with van der Waals surface area (Å²) in [5, 5.41) is 28.7. The molecular formula is C32H33NO10. The van der Waals surface area contributed by atoms with Crippen LogP contribution in [0.25, 0.3) is 0 Å². The zero-order valence-electron chi connectivity index (χ0n) is 23.5. The summed E-state index contributed by atoms with van der Waals surface area (Å²) in [5.41, 5.74) is 1.89. The van der Waals surface area contributed by atoms with Crippen LogP contribution in [0, 0.1) is 0 Å². The first-order valence-corrected chi connectivity index (χ1v) is 13.8. The molecule has 1 heterocycles. The minimum Gasteiger partial charge on any atom is -0.480 e. The first-order chi connectivity index (χ1) is 20.6. The highest BCUT2D eigenvalue weighted by molar-refractivity contribution is 6.01. The average molecular weight is 592 g/mol. The van der Waals surface area contributed by atoms with Crippen LogP contribution in [0.5, 0.6) is 11.5 Å². The molecule has 3 unspecified atom stereocenters. The van der Waals surface area contributed by atoms with Crippen molar-refractivity contribution in [3.05, 3.63) is 96.1 Å². The van der Waals surface area contributed by atoms with Gasteiger partial charge in [-0.1, -0.05) is 67.6 Å². The molecule has 0 aliphatic carbocycles. The van der Waals surface area contributed by atoms with Crippen molar-refractivity contribution in [1.82, 2.24) is 4.90 Å². The van der Waals surface area contributed by atoms with Gasteiger partial charge in [-0.3, -0.25) is 9.59 Å². The molecule has 1 amide bonds. The minimum absolute atomic E-state index is 0.345. The Morgan fingerprint density at radius 1 is 0.884 bits per heavy atom. The highest BCUT2D eigenvalue weighted by atomic mass is 16.8. The molecule has 1 aliphatic rings. The van der Waals surface area contributed by atoms with E-state index >= 15 is 0 Å². The molecule has 1 saturated heterocycles. The van der Waals surface area contributed by atoms with Crippen LogP contribution in [-0.4, -0.2) is 75.1 Å². The van der Waals surface area contributed by atoms with Gasteiger partial charge >= 0.3 is 23.7 Å². The first-order valence-electron chi connectivity index (χ1n) is 13.8. The van der Waals surface area contributed by atoms with E-state index in [1.807, 2.05) is 79.7 Å². The van der Waals surface area contributed by atoms with Crippen LogP contribution in [0.4, 0.5) is 0 Å². The molecule has 0 radical (unpaired) electrons. The predicted octanol–water partition coefficient (Wildman–Crippen LogP) is 4.17. The minimum atomic E-state index is -3.06. The molecule has 4 rings (SSSR count). The lowest BCUT2D eigenvalue weighted by atomic mass is 9.83. The van der Waals surface area contributed by atoms with Gasteiger partial charge < -0.3 is 34.4 Å². The number of aryl methyl sites for hydroxylation is 1. The van der Waals surface area contributed by atoms with E-state index in [0.717, 1.165) is 16.0 Å². The number of hydrogen-bond acceptors (Lipinski definition) is 7. The lowest BCUT2D eigenvalue weighted by Crippen LogP contribution is -2.53. The number of carboxylic acid groups (broad SMARTS) is 3. The highest BCUT2D eigenvalue weighted by Gasteiger charge is 2.58. The van der Waals surface area contributed by atoms with Crippen molar-refractivity contribution in [2.75, 3.05) is 13.2 Å². The molecule has 0 spiro atoms. The fourth-order valence-corrected chi connectivity index (χ4v) is 5.27. The summed E-state index contributed by atoms with van der Waals surface area (Å²) >= 11 is 0. The van der Waals surface area contributed by atoms with Crippen LogP contribution in [0.1, 0.15) is 36.8 Å². The Morgan fingerprint density at radius 3 is 2.00 bits per heavy atom. The van der Waals surface area contributed by atoms with Gasteiger partial charge in [0.25, 0.3) is 5.91 Å². The van der Waals surface area contributed by atoms with E-state index in [0.29, 0.717) is 30.8 Å². The molecule has 3 aromatic rings. The molecule has 3 N–H and O–H groups in total. The number of aliphatic carboxylic acids is 3. The van der Waals surface area contributed by atoms with Gasteiger partial charge in [0.1, 0.15) is 18.0 Å². The lowest BCUT2D eigenvalue weighted by Gasteiger charge is -2.37. The Labute approximate surface area is 248 Å². The molecular weight excluding hydrogens is 558 g/mol. The molecule has 43 heavy (non-hydrogen) atoms. The van der Waals surface area contributed by atoms with Gasteiger partial charge in [-0.25, -0.2) is 9.59 Å². The third-order valence-electron chi connectivity index (χ3n) is 7.33. The molecule has 11 nitrogen and oxygen atoms in total. The number of ether oxygens (including phenoxy) is 3. The molecule has 3 atom stereocenters. The Balaban J connectivity index is 1.65. The van der Waals surface area contributed by atoms with Crippen molar-refractivity contribution in [2.24, 2.45) is 0 Å². The van der Waals surface area contributed by atoms with Gasteiger partial charge in [-0.15, -0.1) is 0 Å². The van der Waals surface area contributed by atoms with E-state index in [2.05, 4.69) is 0 Å². The van der Waals surface area contributed by atoms with Crippen LogP contribution >= 0.6 is 0 Å². The normalized spacial score (nSPS) is 17.0. The van der Waals surface area contributed by atoms with Crippen molar-refractivity contribution in [2.45, 2.75) is 50.0 Å². The van der Waals surface area contributed by atoms with Crippen molar-refractivity contribution in [1.29, 1.82) is 0 Å². The lowest BCUT2D eigenvalue weighted by molar-refractivity contribution is -0.218. The summed E-state index contributed by atoms with van der Waals surface area (Å²) in [6, 6.07) is 25.7. The molecule has 226 valence electrons. The van der Waals surface area contributed by atoms with Gasteiger partial charge in [-0.2, -0.15) is 0 Å². The largest absolute Gasteiger partial charge is 0.480 e. The molecule has 1 fully saturated rings. The van der Waals surface area contributed by atoms with E-state index in [4.69, 9.17) is 14.2 Å². The number of amides is 1. The van der Waals surface area contributed by atoms with Crippen LogP contribution in [-0.2, 0) is 35.1 Å². The molecule has 1 aliphatic heterocycles. The maximum absolute atomic E-state index is 13.7. The van der Waals surface area contributed by atoms with Crippen molar-refractivity contribution >= 4 is 23.8 Å². The standard InChI is InChI=1S/C32H33NO10/c1-2-26(33(19-28(34)35)29(36)27-20-41-32(43-27,30(37)38)31(39)40)25(18-13-21-9-5-3-6-10-21)22-14-16-24(17-15-22)42-23-11-7-4-8-12-23/h3-12,14-17,25-27H,2,13,18-20H2,1H3,(H,34,35)(H,37,38)(H,39,40). The van der Waals surface area contributed by atoms with Gasteiger partial charge in [0, 0.05) is 12.0 Å². The quantitative estimate of drug-likeness (QED) is 0.232. The Bertz CT molecular complexity index is 1400. The van der Waals surface area contributed by atoms with E-state index in [1.165, 1.54) is 0 Å². The summed E-state index contributed by atoms with van der Waals surface area (Å²) < 4.78 is 16.0. The number of hydrogen-bond donors (Lipinski definition) is 3. The van der Waals surface area contributed by atoms with Crippen molar-refractivity contribution in [3.63, 3.8) is 0 Å². The van der Waals surface area contributed by atoms with Crippen molar-refractivity contribution in [3.8, 4) is 11.5 Å². The fourth-order valence-electron chi connectivity index (χ4n) is 5.27. The van der Waals surface area contributed by atoms with Gasteiger partial charge in [0.05, 0.1) is 6.61 Å². The van der Waals surface area contributed by atoms with Crippen LogP contribution in [0.15, 0.2) is 84.9 Å². The van der Waals surface area contributed by atoms with Gasteiger partial charge in [0.2, 0.25) is 0 Å². The predicted molar refractivity (Wildman–Crippen MR) is 153 cm³/mol. The Hall–Kier alpha value is -4.74. The van der Waals surface area contributed by atoms with E-state index in [-0.39, 0.29) is 5.92 Å². The zero-order chi connectivity index (χ0) is 31.0. The van der Waals surface area contributed by atoms with Gasteiger partial charge in [0.15, 0.2) is 6.10 Å². The molecule has 0 aromatic heterocycles. The second kappa shape index (κ2) is 14.0. The van der Waals surface area contributed by atoms with Crippen molar-refractivity contribution < 1.29 is 48.7 Å². The summed E-state index contributed by atoms with van der Waals surface area (Å²) in [5.74, 6) is -8.16. The fraction of sp³-hybridized carbons (Fsp3) is 0.312. The number of carbonyl (C=O) groups excluding carboxylic acids is 1. The highest BCUT2D eigenvalue weighted by Crippen LogP contribution is 2.34. The molecule has 0 saturated carbocycles. The van der Waals surface area contributed by atoms with Crippen LogP contribution < -0.4 is 4.74 Å². The SMILES string of the molecule is CCC(C(CCc1ccccc1)c1ccc(Oc2ccccc2)cc1)N(CC(=O)O)C(=O)C1COC(C(=O)O)(C(=O)O)O1. The number of carbonyl (C=O) groups is 4. The number of nitrogens with zero attached hydrogens (tertiary/aromatic N) is 1. The smallest absolute Gasteiger partial charge is 0.377 e. The van der Waals surface area contributed by atoms with E-state index < -0.39 is 54.9 Å². The maximum Gasteiger partial charge on any atom is 0.377 e. The second-order valence-electron chi connectivity index (χ2n) is 10.1. The van der Waals surface area contributed by atoms with E-state index in [1.54, 1.807) is 12.1 Å². The molecule has 3 aromatic carbocycles. The summed E-state index contributed by atoms with van der Waals surface area (Å²) in [7, 11) is 0. The number of carboxylic acids is 3. The monoisotopic (exact) mass is 591 g/mol. The van der Waals surface area contributed by atoms with Crippen LogP contribution in [0.3, 0.4) is 0 Å². The Kier molecular flexibility index (Phi) is 10.1. The third-order valence-corrected chi connectivity index (χ3v) is 7.33. The average Bonchev–Trinajstić information content (AvgIpc) is 3.47. The maximum atomic E-state index is 13.7. The van der Waals surface area contributed by atoms with Gasteiger partial charge in [-0.05, 0) is 54.7 Å². The number of rotatable bonds is 14. The number of benzene rings is 3. The summed E-state index contributed by atoms with van der Waals surface area (Å²) in [6.45, 7) is 0.450. The number of para-hydroxylation sites is 1. The summed E-state index contributed by atoms with van der Waals surface area (Å²) in [6.07, 6.45) is -0.112. The molecule has 0 bridgehead atoms. The first kappa shape index (κ1) is 31.2. The van der Waals surface area contributed by atoms with E-state index in [9.17, 15) is 34.5 Å². The topological polar surface area (TPSA) is 160 Å². The summed E-state index contributed by atoms with van der Waals surface area (Å²) in [4.78, 5) is 50.2. The third kappa shape index (κ3) is 7.37. The Morgan fingerprint density at radius 2 is 1.47 bits per heavy atom. The molecule has 11 heteroatoms. The zero-order valence-corrected chi connectivity index (χ0v) is 23.5.